The van der Waals surface area contributed by atoms with E-state index >= 15 is 0 Å². The van der Waals surface area contributed by atoms with Crippen molar-refractivity contribution in [2.24, 2.45) is 0 Å². The van der Waals surface area contributed by atoms with Crippen LogP contribution in [0.3, 0.4) is 0 Å². The van der Waals surface area contributed by atoms with E-state index in [0.717, 1.165) is 22.3 Å². The first-order valence-corrected chi connectivity index (χ1v) is 9.62. The van der Waals surface area contributed by atoms with Crippen molar-refractivity contribution in [1.82, 2.24) is 10.2 Å². The average Bonchev–Trinajstić information content (AvgIpc) is 2.72. The van der Waals surface area contributed by atoms with Gasteiger partial charge in [0.1, 0.15) is 17.1 Å². The van der Waals surface area contributed by atoms with E-state index in [1.54, 1.807) is 19.2 Å². The zero-order valence-electron chi connectivity index (χ0n) is 17.6. The van der Waals surface area contributed by atoms with Crippen molar-refractivity contribution in [3.05, 3.63) is 70.1 Å². The number of nitrogens with zero attached hydrogens (tertiary/aromatic N) is 1. The Labute approximate surface area is 175 Å². The van der Waals surface area contributed by atoms with Crippen LogP contribution in [0.25, 0.3) is 11.0 Å². The third kappa shape index (κ3) is 5.18. The van der Waals surface area contributed by atoms with Crippen LogP contribution in [0.15, 0.2) is 57.7 Å². The molecule has 0 radical (unpaired) electrons. The van der Waals surface area contributed by atoms with Crippen LogP contribution in [0.4, 0.5) is 0 Å². The number of likely N-dealkylation sites (N-methyl/N-ethyl adjacent to an activating group) is 1. The van der Waals surface area contributed by atoms with E-state index in [1.807, 2.05) is 56.3 Å². The summed E-state index contributed by atoms with van der Waals surface area (Å²) in [6.07, 6.45) is 0. The zero-order chi connectivity index (χ0) is 21.7. The molecule has 0 spiro atoms. The third-order valence-corrected chi connectivity index (χ3v) is 4.91. The van der Waals surface area contributed by atoms with Crippen molar-refractivity contribution in [2.75, 3.05) is 34.4 Å². The topological polar surface area (TPSA) is 81.0 Å². The number of aryl methyl sites for hydroxylation is 1. The summed E-state index contributed by atoms with van der Waals surface area (Å²) in [6.45, 7) is 2.15. The molecular formula is C23H26N2O5. The van der Waals surface area contributed by atoms with Gasteiger partial charge in [-0.25, -0.2) is 4.79 Å². The highest BCUT2D eigenvalue weighted by atomic mass is 16.5. The van der Waals surface area contributed by atoms with Crippen LogP contribution in [0, 0.1) is 6.92 Å². The number of methoxy groups -OCH3 is 1. The van der Waals surface area contributed by atoms with Crippen LogP contribution >= 0.6 is 0 Å². The second-order valence-electron chi connectivity index (χ2n) is 7.25. The quantitative estimate of drug-likeness (QED) is 0.575. The first-order chi connectivity index (χ1) is 14.4. The molecule has 1 N–H and O–H groups in total. The van der Waals surface area contributed by atoms with Crippen LogP contribution in [0.1, 0.15) is 17.2 Å². The number of hydrogen-bond acceptors (Lipinski definition) is 6. The zero-order valence-corrected chi connectivity index (χ0v) is 17.6. The molecule has 7 nitrogen and oxygen atoms in total. The molecule has 0 aliphatic heterocycles. The maximum absolute atomic E-state index is 12.3. The Balaban J connectivity index is 1.59. The molecule has 0 saturated heterocycles. The van der Waals surface area contributed by atoms with Gasteiger partial charge >= 0.3 is 5.63 Å². The molecule has 7 heteroatoms. The monoisotopic (exact) mass is 410 g/mol. The molecule has 3 aromatic rings. The van der Waals surface area contributed by atoms with Crippen molar-refractivity contribution >= 4 is 16.9 Å². The lowest BCUT2D eigenvalue weighted by Gasteiger charge is -2.25. The summed E-state index contributed by atoms with van der Waals surface area (Å²) in [6, 6.07) is 14.4. The number of nitrogens with one attached hydrogen (secondary N) is 1. The van der Waals surface area contributed by atoms with Crippen molar-refractivity contribution in [3.63, 3.8) is 0 Å². The van der Waals surface area contributed by atoms with E-state index < -0.39 is 5.63 Å². The van der Waals surface area contributed by atoms with Gasteiger partial charge < -0.3 is 24.1 Å². The Morgan fingerprint density at radius 3 is 2.47 bits per heavy atom. The highest BCUT2D eigenvalue weighted by molar-refractivity contribution is 5.81. The minimum Gasteiger partial charge on any atom is -0.497 e. The lowest BCUT2D eigenvalue weighted by atomic mass is 10.1. The summed E-state index contributed by atoms with van der Waals surface area (Å²) >= 11 is 0. The Bertz CT molecular complexity index is 1070. The second-order valence-corrected chi connectivity index (χ2v) is 7.25. The van der Waals surface area contributed by atoms with Gasteiger partial charge in [-0.2, -0.15) is 0 Å². The summed E-state index contributed by atoms with van der Waals surface area (Å²) in [5.41, 5.74) is 1.92. The summed E-state index contributed by atoms with van der Waals surface area (Å²) in [7, 11) is 5.55. The van der Waals surface area contributed by atoms with E-state index in [-0.39, 0.29) is 18.6 Å². The summed E-state index contributed by atoms with van der Waals surface area (Å²) < 4.78 is 16.0. The van der Waals surface area contributed by atoms with Gasteiger partial charge in [-0.1, -0.05) is 12.1 Å². The Kier molecular flexibility index (Phi) is 6.74. The van der Waals surface area contributed by atoms with Gasteiger partial charge in [-0.3, -0.25) is 4.79 Å². The number of rotatable bonds is 8. The largest absolute Gasteiger partial charge is 0.497 e. The molecule has 0 bridgehead atoms. The van der Waals surface area contributed by atoms with Gasteiger partial charge in [-0.15, -0.1) is 0 Å². The number of ether oxygens (including phenoxy) is 2. The number of benzene rings is 2. The molecule has 2 aromatic carbocycles. The van der Waals surface area contributed by atoms with Gasteiger partial charge in [0.05, 0.1) is 13.2 Å². The van der Waals surface area contributed by atoms with Crippen LogP contribution < -0.4 is 20.4 Å². The molecule has 158 valence electrons. The summed E-state index contributed by atoms with van der Waals surface area (Å²) in [5, 5.41) is 3.74. The Morgan fingerprint density at radius 1 is 1.10 bits per heavy atom. The number of fused-ring (bicyclic) bond motifs is 1. The van der Waals surface area contributed by atoms with Gasteiger partial charge in [0.25, 0.3) is 5.91 Å². The number of hydrogen-bond donors (Lipinski definition) is 1. The lowest BCUT2D eigenvalue weighted by molar-refractivity contribution is -0.123. The van der Waals surface area contributed by atoms with Crippen LogP contribution in [0.2, 0.25) is 0 Å². The molecule has 0 aliphatic carbocycles. The number of amides is 1. The number of carbonyl (C=O) groups is 1. The molecule has 1 atom stereocenters. The van der Waals surface area contributed by atoms with E-state index in [2.05, 4.69) is 5.32 Å². The highest BCUT2D eigenvalue weighted by Crippen LogP contribution is 2.23. The molecule has 30 heavy (non-hydrogen) atoms. The molecular weight excluding hydrogens is 384 g/mol. The van der Waals surface area contributed by atoms with E-state index in [1.165, 1.54) is 6.07 Å². The standard InChI is InChI=1S/C23H26N2O5/c1-15-11-23(27)30-21-12-18(9-10-19(15)21)29-14-22(26)24-13-20(25(2)3)16-5-7-17(28-4)8-6-16/h5-12,20H,13-14H2,1-4H3,(H,24,26). The number of carbonyl (C=O) groups excluding carboxylic acids is 1. The maximum atomic E-state index is 12.3. The van der Waals surface area contributed by atoms with Crippen molar-refractivity contribution in [3.8, 4) is 11.5 Å². The average molecular weight is 410 g/mol. The molecule has 1 aromatic heterocycles. The second kappa shape index (κ2) is 9.45. The minimum absolute atomic E-state index is 0.0118. The molecule has 1 heterocycles. The fourth-order valence-corrected chi connectivity index (χ4v) is 3.23. The first kappa shape index (κ1) is 21.4. The third-order valence-electron chi connectivity index (χ3n) is 4.91. The lowest BCUT2D eigenvalue weighted by Crippen LogP contribution is -2.36. The van der Waals surface area contributed by atoms with Gasteiger partial charge in [0, 0.05) is 24.1 Å². The van der Waals surface area contributed by atoms with Crippen molar-refractivity contribution in [1.29, 1.82) is 0 Å². The maximum Gasteiger partial charge on any atom is 0.336 e. The van der Waals surface area contributed by atoms with Crippen LogP contribution in [0.5, 0.6) is 11.5 Å². The van der Waals surface area contributed by atoms with E-state index in [0.29, 0.717) is 17.9 Å². The van der Waals surface area contributed by atoms with Crippen molar-refractivity contribution in [2.45, 2.75) is 13.0 Å². The van der Waals surface area contributed by atoms with Crippen LogP contribution in [-0.2, 0) is 4.79 Å². The van der Waals surface area contributed by atoms with E-state index in [9.17, 15) is 9.59 Å². The molecule has 1 unspecified atom stereocenters. The predicted molar refractivity (Wildman–Crippen MR) is 115 cm³/mol. The predicted octanol–water partition coefficient (Wildman–Crippen LogP) is 2.91. The Morgan fingerprint density at radius 2 is 1.80 bits per heavy atom. The highest BCUT2D eigenvalue weighted by Gasteiger charge is 2.16. The van der Waals surface area contributed by atoms with Gasteiger partial charge in [-0.05, 0) is 56.4 Å². The molecule has 3 rings (SSSR count). The molecule has 0 saturated carbocycles. The Hall–Kier alpha value is -3.32. The molecule has 0 fully saturated rings. The summed E-state index contributed by atoms with van der Waals surface area (Å²) in [5.74, 6) is 1.02. The fourth-order valence-electron chi connectivity index (χ4n) is 3.23. The minimum atomic E-state index is -0.414. The first-order valence-electron chi connectivity index (χ1n) is 9.62. The summed E-state index contributed by atoms with van der Waals surface area (Å²) in [4.78, 5) is 25.9. The van der Waals surface area contributed by atoms with Gasteiger partial charge in [0.15, 0.2) is 6.61 Å². The molecule has 0 aliphatic rings. The SMILES string of the molecule is COc1ccc(C(CNC(=O)COc2ccc3c(C)cc(=O)oc3c2)N(C)C)cc1. The van der Waals surface area contributed by atoms with Crippen molar-refractivity contribution < 1.29 is 18.7 Å². The smallest absolute Gasteiger partial charge is 0.336 e. The fraction of sp³-hybridized carbons (Fsp3) is 0.304. The van der Waals surface area contributed by atoms with Crippen LogP contribution in [-0.4, -0.2) is 45.2 Å². The van der Waals surface area contributed by atoms with E-state index in [4.69, 9.17) is 13.9 Å². The molecule has 1 amide bonds. The van der Waals surface area contributed by atoms with Gasteiger partial charge in [0.2, 0.25) is 0 Å². The normalized spacial score (nSPS) is 12.0.